The number of rotatable bonds is 10. The number of esters is 1. The number of benzene rings is 1. The van der Waals surface area contributed by atoms with Crippen LogP contribution in [0.25, 0.3) is 0 Å². The Bertz CT molecular complexity index is 947. The molecule has 0 fully saturated rings. The molecule has 7 nitrogen and oxygen atoms in total. The third kappa shape index (κ3) is 6.12. The molecule has 1 aromatic heterocycles. The Morgan fingerprint density at radius 1 is 1.25 bits per heavy atom. The average molecular weight is 454 g/mol. The van der Waals surface area contributed by atoms with Crippen LogP contribution in [0, 0.1) is 5.41 Å². The number of hydrogen-bond acceptors (Lipinski definition) is 6. The highest BCUT2D eigenvalue weighted by molar-refractivity contribution is 6.04. The molecule has 1 aromatic carbocycles. The van der Waals surface area contributed by atoms with E-state index in [1.165, 1.54) is 19.4 Å². The summed E-state index contributed by atoms with van der Waals surface area (Å²) in [5.41, 5.74) is -1.26. The molecule has 0 radical (unpaired) electrons. The van der Waals surface area contributed by atoms with Gasteiger partial charge in [0.25, 0.3) is 5.75 Å². The summed E-state index contributed by atoms with van der Waals surface area (Å²) >= 11 is 0. The molecule has 0 spiro atoms. The molecule has 0 atom stereocenters. The molecule has 0 saturated heterocycles. The first kappa shape index (κ1) is 25.0. The highest BCUT2D eigenvalue weighted by Gasteiger charge is 2.38. The van der Waals surface area contributed by atoms with E-state index in [4.69, 9.17) is 15.3 Å². The first-order valence-corrected chi connectivity index (χ1v) is 10.0. The van der Waals surface area contributed by atoms with Crippen LogP contribution in [0.4, 0.5) is 19.0 Å². The summed E-state index contributed by atoms with van der Waals surface area (Å²) in [6.45, 7) is 2.73. The molecule has 32 heavy (non-hydrogen) atoms. The minimum absolute atomic E-state index is 0.288. The number of pyridine rings is 1. The minimum Gasteiger partial charge on any atom is -0.593 e. The van der Waals surface area contributed by atoms with Gasteiger partial charge in [-0.05, 0) is 37.1 Å². The van der Waals surface area contributed by atoms with E-state index in [0.29, 0.717) is 48.5 Å². The third-order valence-corrected chi connectivity index (χ3v) is 4.78. The molecule has 3 N–H and O–H groups in total. The highest BCUT2D eigenvalue weighted by atomic mass is 19.4. The van der Waals surface area contributed by atoms with E-state index in [1.807, 2.05) is 18.9 Å². The van der Waals surface area contributed by atoms with Gasteiger partial charge in [0, 0.05) is 19.8 Å². The summed E-state index contributed by atoms with van der Waals surface area (Å²) in [6, 6.07) is 5.84. The van der Waals surface area contributed by atoms with Crippen LogP contribution < -0.4 is 9.64 Å². The second-order valence-electron chi connectivity index (χ2n) is 7.11. The van der Waals surface area contributed by atoms with Gasteiger partial charge in [-0.25, -0.2) is 9.78 Å². The molecule has 0 amide bonds. The molecule has 0 aliphatic rings. The van der Waals surface area contributed by atoms with Crippen molar-refractivity contribution in [3.8, 4) is 11.5 Å². The van der Waals surface area contributed by atoms with Crippen LogP contribution >= 0.6 is 0 Å². The fourth-order valence-electron chi connectivity index (χ4n) is 3.07. The monoisotopic (exact) mass is 454 g/mol. The fourth-order valence-corrected chi connectivity index (χ4v) is 3.07. The molecular formula is C22H27F3N3O4+. The van der Waals surface area contributed by atoms with Crippen molar-refractivity contribution in [1.82, 2.24) is 4.98 Å². The first-order chi connectivity index (χ1) is 15.1. The van der Waals surface area contributed by atoms with E-state index >= 15 is 0 Å². The zero-order valence-electron chi connectivity index (χ0n) is 18.2. The molecule has 174 valence electrons. The summed E-state index contributed by atoms with van der Waals surface area (Å²) < 4.78 is 49.1. The van der Waals surface area contributed by atoms with Gasteiger partial charge in [0.15, 0.2) is 5.71 Å². The van der Waals surface area contributed by atoms with Crippen molar-refractivity contribution in [3.63, 3.8) is 0 Å². The van der Waals surface area contributed by atoms with E-state index in [0.717, 1.165) is 6.07 Å². The molecule has 2 rings (SSSR count). The number of carbonyl (C=O) groups excluding carboxylic acids is 1. The number of methoxy groups -OCH3 is 1. The number of ether oxygens (including phenoxy) is 2. The lowest BCUT2D eigenvalue weighted by atomic mass is 10.00. The Balaban J connectivity index is 2.00. The van der Waals surface area contributed by atoms with E-state index in [-0.39, 0.29) is 12.4 Å². The number of halogens is 3. The molecule has 0 unspecified atom stereocenters. The number of anilines is 1. The summed E-state index contributed by atoms with van der Waals surface area (Å²) in [7, 11) is 3.13. The van der Waals surface area contributed by atoms with Crippen LogP contribution in [0.15, 0.2) is 30.5 Å². The van der Waals surface area contributed by atoms with E-state index < -0.39 is 23.4 Å². The number of aromatic nitrogens is 1. The normalized spacial score (nSPS) is 11.2. The molecular weight excluding hydrogens is 427 g/mol. The van der Waals surface area contributed by atoms with Gasteiger partial charge in [0.05, 0.1) is 24.8 Å². The van der Waals surface area contributed by atoms with Crippen molar-refractivity contribution in [1.29, 1.82) is 5.41 Å². The standard InChI is InChI=1S/C22H26F3N3O4/c1-4-6-15-17(9-8-16(19(15)29)20(26)22(23,24)25)32-12-5-11-28(2)18-10-7-14(13-27-18)21(30)31-3/h7-10,13,26,29H,4-6,11-12H2,1-3H3/p+1. The SMILES string of the molecule is CCCc1c(OCCCN(C)c2ccc(C(=O)OC)cn2)ccc(C(=N)C(F)(F)F)c1[OH2+]. The summed E-state index contributed by atoms with van der Waals surface area (Å²) in [5, 5.41) is 15.5. The van der Waals surface area contributed by atoms with Crippen molar-refractivity contribution in [3.05, 3.63) is 47.2 Å². The topological polar surface area (TPSA) is 98.4 Å². The lowest BCUT2D eigenvalue weighted by Gasteiger charge is -2.19. The molecule has 0 aliphatic carbocycles. The molecule has 1 heterocycles. The summed E-state index contributed by atoms with van der Waals surface area (Å²) in [5.74, 6) is 0.235. The van der Waals surface area contributed by atoms with Crippen molar-refractivity contribution < 1.29 is 32.5 Å². The molecule has 2 aromatic rings. The van der Waals surface area contributed by atoms with Gasteiger partial charge >= 0.3 is 12.1 Å². The smallest absolute Gasteiger partial charge is 0.433 e. The van der Waals surface area contributed by atoms with Gasteiger partial charge in [0.2, 0.25) is 0 Å². The van der Waals surface area contributed by atoms with Crippen molar-refractivity contribution >= 4 is 17.5 Å². The lowest BCUT2D eigenvalue weighted by molar-refractivity contribution is -0.0588. The Morgan fingerprint density at radius 2 is 1.97 bits per heavy atom. The first-order valence-electron chi connectivity index (χ1n) is 10.0. The molecule has 0 aliphatic heterocycles. The van der Waals surface area contributed by atoms with Gasteiger partial charge in [-0.1, -0.05) is 13.3 Å². The summed E-state index contributed by atoms with van der Waals surface area (Å²) in [6.07, 6.45) is -1.78. The fraction of sp³-hybridized carbons (Fsp3) is 0.409. The van der Waals surface area contributed by atoms with Crippen LogP contribution in [-0.4, -0.2) is 55.3 Å². The minimum atomic E-state index is -4.81. The number of nitrogens with one attached hydrogen (secondary N) is 1. The predicted octanol–water partition coefficient (Wildman–Crippen LogP) is 4.09. The Kier molecular flexibility index (Phi) is 8.45. The van der Waals surface area contributed by atoms with Crippen molar-refractivity contribution in [2.75, 3.05) is 32.2 Å². The maximum absolute atomic E-state index is 12.9. The number of carbonyl (C=O) groups is 1. The maximum atomic E-state index is 12.9. The number of nitrogens with zero attached hydrogens (tertiary/aromatic N) is 2. The zero-order chi connectivity index (χ0) is 23.9. The zero-order valence-corrected chi connectivity index (χ0v) is 18.2. The molecule has 0 bridgehead atoms. The average Bonchev–Trinajstić information content (AvgIpc) is 2.77. The van der Waals surface area contributed by atoms with E-state index in [9.17, 15) is 18.0 Å². The number of alkyl halides is 3. The van der Waals surface area contributed by atoms with Crippen molar-refractivity contribution in [2.24, 2.45) is 0 Å². The summed E-state index contributed by atoms with van der Waals surface area (Å²) in [4.78, 5) is 17.6. The van der Waals surface area contributed by atoms with Gasteiger partial charge in [0.1, 0.15) is 17.1 Å². The number of hydrogen-bond donors (Lipinski definition) is 1. The Labute approximate surface area is 184 Å². The Morgan fingerprint density at radius 3 is 2.53 bits per heavy atom. The largest absolute Gasteiger partial charge is 0.593 e. The second kappa shape index (κ2) is 10.8. The van der Waals surface area contributed by atoms with Crippen LogP contribution in [0.5, 0.6) is 11.5 Å². The van der Waals surface area contributed by atoms with E-state index in [2.05, 4.69) is 9.72 Å². The van der Waals surface area contributed by atoms with Crippen LogP contribution in [0.2, 0.25) is 0 Å². The Hall–Kier alpha value is -3.30. The van der Waals surface area contributed by atoms with E-state index in [1.54, 1.807) is 12.1 Å². The predicted molar refractivity (Wildman–Crippen MR) is 115 cm³/mol. The van der Waals surface area contributed by atoms with Crippen molar-refractivity contribution in [2.45, 2.75) is 32.4 Å². The third-order valence-electron chi connectivity index (χ3n) is 4.78. The van der Waals surface area contributed by atoms with Gasteiger partial charge in [-0.15, -0.1) is 0 Å². The van der Waals surface area contributed by atoms with Crippen LogP contribution in [0.3, 0.4) is 0 Å². The van der Waals surface area contributed by atoms with Gasteiger partial charge in [-0.3, -0.25) is 5.41 Å². The second-order valence-corrected chi connectivity index (χ2v) is 7.11. The molecule has 10 heteroatoms. The lowest BCUT2D eigenvalue weighted by Crippen LogP contribution is -2.23. The van der Waals surface area contributed by atoms with Gasteiger partial charge in [-0.2, -0.15) is 13.2 Å². The quantitative estimate of drug-likeness (QED) is 0.252. The van der Waals surface area contributed by atoms with Crippen LogP contribution in [0.1, 0.15) is 41.3 Å². The van der Waals surface area contributed by atoms with Gasteiger partial charge < -0.3 is 19.5 Å². The molecule has 0 saturated carbocycles. The highest BCUT2D eigenvalue weighted by Crippen LogP contribution is 2.35. The maximum Gasteiger partial charge on any atom is 0.433 e. The van der Waals surface area contributed by atoms with Crippen LogP contribution in [-0.2, 0) is 11.2 Å².